The summed E-state index contributed by atoms with van der Waals surface area (Å²) in [6.45, 7) is 0. The van der Waals surface area contributed by atoms with E-state index in [1.807, 2.05) is 48.5 Å². The van der Waals surface area contributed by atoms with Gasteiger partial charge in [-0.05, 0) is 24.3 Å². The van der Waals surface area contributed by atoms with Crippen LogP contribution in [0.4, 0.5) is 0 Å². The molecule has 0 fully saturated rings. The molecule has 0 saturated heterocycles. The van der Waals surface area contributed by atoms with Crippen LogP contribution in [0.5, 0.6) is 0 Å². The Labute approximate surface area is 98.7 Å². The fourth-order valence-electron chi connectivity index (χ4n) is 1.86. The fraction of sp³-hybridized carbons (Fsp3) is 0. The first-order chi connectivity index (χ1) is 8.36. The molecule has 0 aliphatic rings. The summed E-state index contributed by atoms with van der Waals surface area (Å²) in [6, 6.07) is 19.5. The van der Waals surface area contributed by atoms with E-state index in [1.165, 1.54) is 0 Å². The molecule has 2 aromatic carbocycles. The lowest BCUT2D eigenvalue weighted by molar-refractivity contribution is 0.631. The van der Waals surface area contributed by atoms with Gasteiger partial charge in [-0.15, -0.1) is 0 Å². The lowest BCUT2D eigenvalue weighted by Crippen LogP contribution is -1.70. The molecule has 0 aliphatic carbocycles. The minimum Gasteiger partial charge on any atom is -0.456 e. The Kier molecular flexibility index (Phi) is 2.16. The maximum atomic E-state index is 8.84. The lowest BCUT2D eigenvalue weighted by Gasteiger charge is -1.93. The molecule has 17 heavy (non-hydrogen) atoms. The van der Waals surface area contributed by atoms with Crippen molar-refractivity contribution >= 4 is 11.0 Å². The fourth-order valence-corrected chi connectivity index (χ4v) is 1.86. The third-order valence-electron chi connectivity index (χ3n) is 2.70. The van der Waals surface area contributed by atoms with E-state index in [0.717, 1.165) is 22.3 Å². The van der Waals surface area contributed by atoms with Crippen molar-refractivity contribution in [2.45, 2.75) is 0 Å². The molecule has 3 rings (SSSR count). The molecular formula is C15H9NO. The molecule has 2 heteroatoms. The molecule has 80 valence electrons. The number of hydrogen-bond acceptors (Lipinski definition) is 2. The first kappa shape index (κ1) is 9.68. The number of furan rings is 1. The predicted molar refractivity (Wildman–Crippen MR) is 66.4 cm³/mol. The van der Waals surface area contributed by atoms with Crippen LogP contribution in [-0.2, 0) is 0 Å². The van der Waals surface area contributed by atoms with E-state index < -0.39 is 0 Å². The highest BCUT2D eigenvalue weighted by atomic mass is 16.3. The minimum absolute atomic E-state index is 0.651. The third-order valence-corrected chi connectivity index (χ3v) is 2.70. The van der Waals surface area contributed by atoms with Gasteiger partial charge in [-0.1, -0.05) is 30.3 Å². The van der Waals surface area contributed by atoms with Crippen LogP contribution < -0.4 is 0 Å². The van der Waals surface area contributed by atoms with Gasteiger partial charge in [0.25, 0.3) is 0 Å². The van der Waals surface area contributed by atoms with Gasteiger partial charge in [-0.2, -0.15) is 5.26 Å². The Morgan fingerprint density at radius 1 is 0.941 bits per heavy atom. The highest BCUT2D eigenvalue weighted by molar-refractivity contribution is 5.83. The maximum Gasteiger partial charge on any atom is 0.135 e. The van der Waals surface area contributed by atoms with Crippen LogP contribution in [-0.4, -0.2) is 0 Å². The molecule has 0 bridgehead atoms. The van der Waals surface area contributed by atoms with Gasteiger partial charge >= 0.3 is 0 Å². The van der Waals surface area contributed by atoms with E-state index in [2.05, 4.69) is 6.07 Å². The van der Waals surface area contributed by atoms with Gasteiger partial charge in [0.05, 0.1) is 11.6 Å². The van der Waals surface area contributed by atoms with Crippen LogP contribution in [0.25, 0.3) is 22.3 Å². The van der Waals surface area contributed by atoms with Gasteiger partial charge in [0.1, 0.15) is 11.3 Å². The molecule has 1 aromatic heterocycles. The zero-order chi connectivity index (χ0) is 11.7. The average Bonchev–Trinajstić information content (AvgIpc) is 2.82. The molecule has 0 amide bonds. The van der Waals surface area contributed by atoms with E-state index in [4.69, 9.17) is 9.68 Å². The molecular weight excluding hydrogens is 210 g/mol. The van der Waals surface area contributed by atoms with Crippen molar-refractivity contribution in [1.82, 2.24) is 0 Å². The van der Waals surface area contributed by atoms with Crippen LogP contribution in [0.15, 0.2) is 59.0 Å². The normalized spacial score (nSPS) is 10.3. The van der Waals surface area contributed by atoms with Gasteiger partial charge in [0.2, 0.25) is 0 Å². The van der Waals surface area contributed by atoms with Gasteiger partial charge < -0.3 is 4.42 Å². The molecule has 0 N–H and O–H groups in total. The Morgan fingerprint density at radius 2 is 1.76 bits per heavy atom. The highest BCUT2D eigenvalue weighted by Gasteiger charge is 2.06. The van der Waals surface area contributed by atoms with E-state index in [0.29, 0.717) is 5.56 Å². The van der Waals surface area contributed by atoms with Crippen LogP contribution in [0.1, 0.15) is 5.56 Å². The van der Waals surface area contributed by atoms with Crippen molar-refractivity contribution in [2.75, 3.05) is 0 Å². The summed E-state index contributed by atoms with van der Waals surface area (Å²) in [5, 5.41) is 9.80. The first-order valence-corrected chi connectivity index (χ1v) is 5.36. The van der Waals surface area contributed by atoms with Crippen LogP contribution >= 0.6 is 0 Å². The molecule has 0 aliphatic heterocycles. The molecule has 0 radical (unpaired) electrons. The minimum atomic E-state index is 0.651. The Hall–Kier alpha value is -2.53. The van der Waals surface area contributed by atoms with Crippen LogP contribution in [0, 0.1) is 11.3 Å². The topological polar surface area (TPSA) is 36.9 Å². The number of fused-ring (bicyclic) bond motifs is 1. The summed E-state index contributed by atoms with van der Waals surface area (Å²) in [6.07, 6.45) is 0. The van der Waals surface area contributed by atoms with Crippen LogP contribution in [0.2, 0.25) is 0 Å². The van der Waals surface area contributed by atoms with Crippen molar-refractivity contribution in [3.05, 3.63) is 60.2 Å². The zero-order valence-corrected chi connectivity index (χ0v) is 9.05. The number of hydrogen-bond donors (Lipinski definition) is 0. The molecule has 1 heterocycles. The molecule has 0 unspecified atom stereocenters. The number of nitriles is 1. The van der Waals surface area contributed by atoms with E-state index in [1.54, 1.807) is 6.07 Å². The SMILES string of the molecule is N#Cc1ccc2oc(-c3ccccc3)cc2c1. The summed E-state index contributed by atoms with van der Waals surface area (Å²) in [5.74, 6) is 0.829. The predicted octanol–water partition coefficient (Wildman–Crippen LogP) is 3.97. The number of rotatable bonds is 1. The maximum absolute atomic E-state index is 8.84. The van der Waals surface area contributed by atoms with Gasteiger partial charge in [0.15, 0.2) is 0 Å². The molecule has 0 saturated carbocycles. The third kappa shape index (κ3) is 1.68. The second-order valence-electron chi connectivity index (χ2n) is 3.84. The quantitative estimate of drug-likeness (QED) is 0.620. The van der Waals surface area contributed by atoms with Crippen molar-refractivity contribution in [3.8, 4) is 17.4 Å². The molecule has 2 nitrogen and oxygen atoms in total. The summed E-state index contributed by atoms with van der Waals surface area (Å²) >= 11 is 0. The van der Waals surface area contributed by atoms with E-state index in [9.17, 15) is 0 Å². The molecule has 0 atom stereocenters. The summed E-state index contributed by atoms with van der Waals surface area (Å²) < 4.78 is 5.74. The molecule has 3 aromatic rings. The second kappa shape index (κ2) is 3.80. The number of nitrogens with zero attached hydrogens (tertiary/aromatic N) is 1. The smallest absolute Gasteiger partial charge is 0.135 e. The summed E-state index contributed by atoms with van der Waals surface area (Å²) in [4.78, 5) is 0. The second-order valence-corrected chi connectivity index (χ2v) is 3.84. The van der Waals surface area contributed by atoms with Crippen LogP contribution in [0.3, 0.4) is 0 Å². The van der Waals surface area contributed by atoms with E-state index >= 15 is 0 Å². The lowest BCUT2D eigenvalue weighted by atomic mass is 10.1. The molecule has 0 spiro atoms. The Bertz CT molecular complexity index is 705. The number of benzene rings is 2. The zero-order valence-electron chi connectivity index (χ0n) is 9.05. The van der Waals surface area contributed by atoms with Crippen molar-refractivity contribution in [1.29, 1.82) is 5.26 Å². The largest absolute Gasteiger partial charge is 0.456 e. The van der Waals surface area contributed by atoms with Crippen molar-refractivity contribution in [2.24, 2.45) is 0 Å². The van der Waals surface area contributed by atoms with E-state index in [-0.39, 0.29) is 0 Å². The summed E-state index contributed by atoms with van der Waals surface area (Å²) in [7, 11) is 0. The Morgan fingerprint density at radius 3 is 2.53 bits per heavy atom. The highest BCUT2D eigenvalue weighted by Crippen LogP contribution is 2.28. The Balaban J connectivity index is 2.18. The average molecular weight is 219 g/mol. The standard InChI is InChI=1S/C15H9NO/c16-10-11-6-7-14-13(8-11)9-15(17-14)12-4-2-1-3-5-12/h1-9H. The van der Waals surface area contributed by atoms with Gasteiger partial charge in [-0.25, -0.2) is 0 Å². The first-order valence-electron chi connectivity index (χ1n) is 5.36. The monoisotopic (exact) mass is 219 g/mol. The van der Waals surface area contributed by atoms with Crippen molar-refractivity contribution < 1.29 is 4.42 Å². The summed E-state index contributed by atoms with van der Waals surface area (Å²) in [5.41, 5.74) is 2.50. The van der Waals surface area contributed by atoms with Crippen molar-refractivity contribution in [3.63, 3.8) is 0 Å². The van der Waals surface area contributed by atoms with Gasteiger partial charge in [0, 0.05) is 10.9 Å². The van der Waals surface area contributed by atoms with Gasteiger partial charge in [-0.3, -0.25) is 0 Å².